The number of hydrogen-bond acceptors (Lipinski definition) is 4. The van der Waals surface area contributed by atoms with Crippen molar-refractivity contribution in [3.05, 3.63) is 12.2 Å². The molecule has 0 aliphatic heterocycles. The highest BCUT2D eigenvalue weighted by molar-refractivity contribution is 8.13. The van der Waals surface area contributed by atoms with Gasteiger partial charge in [0.25, 0.3) is 0 Å². The molecule has 0 aliphatic rings. The van der Waals surface area contributed by atoms with Gasteiger partial charge in [0.05, 0.1) is 6.54 Å². The Labute approximate surface area is 102 Å². The Morgan fingerprint density at radius 1 is 1.50 bits per heavy atom. The van der Waals surface area contributed by atoms with E-state index in [0.29, 0.717) is 11.7 Å². The van der Waals surface area contributed by atoms with Crippen LogP contribution in [0.5, 0.6) is 0 Å². The number of carbonyl (C=O) groups is 1. The number of rotatable bonds is 2. The van der Waals surface area contributed by atoms with Gasteiger partial charge in [-0.3, -0.25) is 10.3 Å². The first-order chi connectivity index (χ1) is 7.39. The minimum Gasteiger partial charge on any atom is -0.444 e. The van der Waals surface area contributed by atoms with Gasteiger partial charge in [-0.2, -0.15) is 0 Å². The predicted octanol–water partition coefficient (Wildman–Crippen LogP) is 2.81. The van der Waals surface area contributed by atoms with E-state index in [2.05, 4.69) is 10.3 Å². The Hall–Kier alpha value is -0.970. The van der Waals surface area contributed by atoms with Gasteiger partial charge in [-0.05, 0) is 34.0 Å². The van der Waals surface area contributed by atoms with Crippen molar-refractivity contribution in [2.24, 2.45) is 4.99 Å². The number of nitrogens with zero attached hydrogens (tertiary/aromatic N) is 1. The monoisotopic (exact) mass is 244 g/mol. The number of ether oxygens (including phenoxy) is 1. The first-order valence-electron chi connectivity index (χ1n) is 5.08. The van der Waals surface area contributed by atoms with Gasteiger partial charge in [0, 0.05) is 0 Å². The third-order valence-electron chi connectivity index (χ3n) is 1.38. The summed E-state index contributed by atoms with van der Waals surface area (Å²) < 4.78 is 5.11. The highest BCUT2D eigenvalue weighted by atomic mass is 32.2. The maximum atomic E-state index is 11.4. The fraction of sp³-hybridized carbons (Fsp3) is 0.636. The summed E-state index contributed by atoms with van der Waals surface area (Å²) in [5.74, 6) is 0. The highest BCUT2D eigenvalue weighted by Crippen LogP contribution is 2.07. The van der Waals surface area contributed by atoms with Crippen LogP contribution in [0.4, 0.5) is 4.79 Å². The molecule has 4 nitrogen and oxygen atoms in total. The number of thioether (sulfide) groups is 1. The third-order valence-corrected chi connectivity index (χ3v) is 2.00. The Morgan fingerprint density at radius 3 is 2.56 bits per heavy atom. The van der Waals surface area contributed by atoms with Gasteiger partial charge >= 0.3 is 6.09 Å². The van der Waals surface area contributed by atoms with Crippen molar-refractivity contribution < 1.29 is 9.53 Å². The van der Waals surface area contributed by atoms with Crippen molar-refractivity contribution >= 4 is 23.0 Å². The normalized spacial score (nSPS) is 12.9. The van der Waals surface area contributed by atoms with Crippen molar-refractivity contribution in [1.82, 2.24) is 5.32 Å². The predicted molar refractivity (Wildman–Crippen MR) is 70.0 cm³/mol. The standard InChI is InChI=1S/C11H20N2O2S/c1-6-7-8-12-9(16-5)13-10(14)15-11(2,3)4/h6-7H,8H2,1-5H3,(H,12,13,14)/b7-6+. The fourth-order valence-electron chi connectivity index (χ4n) is 0.787. The Morgan fingerprint density at radius 2 is 2.12 bits per heavy atom. The van der Waals surface area contributed by atoms with E-state index in [-0.39, 0.29) is 0 Å². The molecular weight excluding hydrogens is 224 g/mol. The van der Waals surface area contributed by atoms with Crippen LogP contribution in [0.3, 0.4) is 0 Å². The minimum absolute atomic E-state index is 0.471. The molecule has 1 N–H and O–H groups in total. The second kappa shape index (κ2) is 7.33. The van der Waals surface area contributed by atoms with Crippen LogP contribution in [-0.2, 0) is 4.74 Å². The molecule has 0 fully saturated rings. The fourth-order valence-corrected chi connectivity index (χ4v) is 1.18. The molecule has 0 heterocycles. The average molecular weight is 244 g/mol. The molecule has 0 aromatic heterocycles. The molecule has 0 bridgehead atoms. The molecule has 0 spiro atoms. The smallest absolute Gasteiger partial charge is 0.413 e. The van der Waals surface area contributed by atoms with E-state index in [0.717, 1.165) is 0 Å². The summed E-state index contributed by atoms with van der Waals surface area (Å²) in [5.41, 5.74) is -0.489. The quantitative estimate of drug-likeness (QED) is 0.461. The van der Waals surface area contributed by atoms with Crippen LogP contribution in [-0.4, -0.2) is 29.7 Å². The summed E-state index contributed by atoms with van der Waals surface area (Å²) in [7, 11) is 0. The largest absolute Gasteiger partial charge is 0.444 e. The van der Waals surface area contributed by atoms with Crippen LogP contribution in [0.15, 0.2) is 17.1 Å². The van der Waals surface area contributed by atoms with Crippen molar-refractivity contribution in [1.29, 1.82) is 0 Å². The lowest BCUT2D eigenvalue weighted by atomic mass is 10.2. The summed E-state index contributed by atoms with van der Waals surface area (Å²) in [6, 6.07) is 0. The number of carbonyl (C=O) groups excluding carboxylic acids is 1. The van der Waals surface area contributed by atoms with Gasteiger partial charge in [0.1, 0.15) is 5.60 Å². The van der Waals surface area contributed by atoms with Gasteiger partial charge in [-0.25, -0.2) is 4.79 Å². The molecule has 0 saturated heterocycles. The van der Waals surface area contributed by atoms with Gasteiger partial charge in [0.15, 0.2) is 5.17 Å². The zero-order valence-electron chi connectivity index (χ0n) is 10.5. The van der Waals surface area contributed by atoms with E-state index in [1.54, 1.807) is 0 Å². The zero-order chi connectivity index (χ0) is 12.6. The number of aliphatic imine (C=N–C) groups is 1. The van der Waals surface area contributed by atoms with Crippen molar-refractivity contribution in [3.63, 3.8) is 0 Å². The van der Waals surface area contributed by atoms with E-state index in [4.69, 9.17) is 4.74 Å². The van der Waals surface area contributed by atoms with Gasteiger partial charge in [-0.15, -0.1) is 0 Å². The van der Waals surface area contributed by atoms with E-state index in [1.807, 2.05) is 46.1 Å². The number of allylic oxidation sites excluding steroid dienone is 1. The maximum Gasteiger partial charge on any atom is 0.413 e. The Kier molecular flexibility index (Phi) is 6.88. The van der Waals surface area contributed by atoms with Gasteiger partial charge < -0.3 is 4.74 Å². The average Bonchev–Trinajstić information content (AvgIpc) is 2.13. The molecule has 0 radical (unpaired) electrons. The molecule has 0 rings (SSSR count). The highest BCUT2D eigenvalue weighted by Gasteiger charge is 2.16. The lowest BCUT2D eigenvalue weighted by molar-refractivity contribution is 0.0564. The maximum absolute atomic E-state index is 11.4. The molecule has 0 aliphatic carbocycles. The van der Waals surface area contributed by atoms with E-state index in [9.17, 15) is 4.79 Å². The molecule has 0 atom stereocenters. The summed E-state index contributed by atoms with van der Waals surface area (Å²) in [6.45, 7) is 7.95. The SMILES string of the molecule is C/C=C/CN=C(NC(=O)OC(C)(C)C)SC. The Balaban J connectivity index is 4.22. The molecule has 1 amide bonds. The summed E-state index contributed by atoms with van der Waals surface area (Å²) in [6.07, 6.45) is 5.20. The van der Waals surface area contributed by atoms with Gasteiger partial charge in [0.2, 0.25) is 0 Å². The van der Waals surface area contributed by atoms with Crippen LogP contribution >= 0.6 is 11.8 Å². The van der Waals surface area contributed by atoms with Crippen molar-refractivity contribution in [2.75, 3.05) is 12.8 Å². The number of alkyl carbamates (subject to hydrolysis) is 1. The second-order valence-electron chi connectivity index (χ2n) is 4.05. The molecule has 0 saturated carbocycles. The van der Waals surface area contributed by atoms with E-state index >= 15 is 0 Å². The topological polar surface area (TPSA) is 50.7 Å². The molecule has 92 valence electrons. The second-order valence-corrected chi connectivity index (χ2v) is 4.84. The van der Waals surface area contributed by atoms with Crippen LogP contribution in [0.1, 0.15) is 27.7 Å². The molecular formula is C11H20N2O2S. The van der Waals surface area contributed by atoms with Crippen LogP contribution in [0, 0.1) is 0 Å². The number of nitrogens with one attached hydrogen (secondary N) is 1. The van der Waals surface area contributed by atoms with Crippen LogP contribution in [0.2, 0.25) is 0 Å². The first-order valence-corrected chi connectivity index (χ1v) is 6.31. The Bertz CT molecular complexity index is 280. The van der Waals surface area contributed by atoms with Crippen molar-refractivity contribution in [2.45, 2.75) is 33.3 Å². The zero-order valence-corrected chi connectivity index (χ0v) is 11.4. The lowest BCUT2D eigenvalue weighted by Crippen LogP contribution is -2.35. The van der Waals surface area contributed by atoms with Gasteiger partial charge in [-0.1, -0.05) is 23.9 Å². The summed E-state index contributed by atoms with van der Waals surface area (Å²) in [4.78, 5) is 15.6. The number of amides is 1. The summed E-state index contributed by atoms with van der Waals surface area (Å²) in [5, 5.41) is 3.16. The molecule has 16 heavy (non-hydrogen) atoms. The number of amidine groups is 1. The first kappa shape index (κ1) is 15.0. The molecule has 0 unspecified atom stereocenters. The molecule has 5 heteroatoms. The molecule has 0 aromatic carbocycles. The third kappa shape index (κ3) is 8.35. The number of hydrogen-bond donors (Lipinski definition) is 1. The summed E-state index contributed by atoms with van der Waals surface area (Å²) >= 11 is 1.38. The molecule has 0 aromatic rings. The minimum atomic E-state index is -0.489. The van der Waals surface area contributed by atoms with Crippen LogP contribution < -0.4 is 5.32 Å². The van der Waals surface area contributed by atoms with Crippen LogP contribution in [0.25, 0.3) is 0 Å². The van der Waals surface area contributed by atoms with E-state index < -0.39 is 11.7 Å². The van der Waals surface area contributed by atoms with Crippen molar-refractivity contribution in [3.8, 4) is 0 Å². The van der Waals surface area contributed by atoms with E-state index in [1.165, 1.54) is 11.8 Å². The lowest BCUT2D eigenvalue weighted by Gasteiger charge is -2.19.